The molecule has 36 heavy (non-hydrogen) atoms. The van der Waals surface area contributed by atoms with Gasteiger partial charge in [-0.3, -0.25) is 9.59 Å². The van der Waals surface area contributed by atoms with Gasteiger partial charge in [0.2, 0.25) is 11.8 Å². The molecular formula is C32H28N2O2. The van der Waals surface area contributed by atoms with Crippen molar-refractivity contribution in [2.24, 2.45) is 0 Å². The third-order valence-electron chi connectivity index (χ3n) is 5.76. The van der Waals surface area contributed by atoms with Crippen LogP contribution in [-0.2, 0) is 9.59 Å². The monoisotopic (exact) mass is 472 g/mol. The molecule has 0 heterocycles. The molecule has 0 fully saturated rings. The molecule has 0 saturated carbocycles. The molecule has 2 N–H and O–H groups in total. The van der Waals surface area contributed by atoms with Crippen LogP contribution in [0.15, 0.2) is 109 Å². The first kappa shape index (κ1) is 24.4. The number of anilines is 2. The van der Waals surface area contributed by atoms with Gasteiger partial charge in [0, 0.05) is 23.5 Å². The molecule has 4 heteroatoms. The van der Waals surface area contributed by atoms with Gasteiger partial charge < -0.3 is 10.6 Å². The number of rotatable bonds is 7. The number of carbonyl (C=O) groups excluding carboxylic acids is 2. The normalized spacial score (nSPS) is 11.1. The molecule has 4 aromatic rings. The minimum Gasteiger partial charge on any atom is -0.322 e. The number of amides is 2. The Kier molecular flexibility index (Phi) is 7.89. The summed E-state index contributed by atoms with van der Waals surface area (Å²) < 4.78 is 0. The van der Waals surface area contributed by atoms with Crippen LogP contribution in [0.4, 0.5) is 11.4 Å². The molecule has 0 spiro atoms. The maximum absolute atomic E-state index is 12.4. The maximum Gasteiger partial charge on any atom is 0.248 e. The van der Waals surface area contributed by atoms with Crippen LogP contribution in [0.25, 0.3) is 23.3 Å². The SMILES string of the molecule is Cc1cc(-c2ccc(NC(=O)/C=C\c3ccccc3)c(C)c2)ccc1NC(=O)/C=C\c1ccccc1. The zero-order valence-corrected chi connectivity index (χ0v) is 20.4. The number of nitrogens with one attached hydrogen (secondary N) is 2. The van der Waals surface area contributed by atoms with E-state index in [1.165, 1.54) is 12.2 Å². The lowest BCUT2D eigenvalue weighted by Crippen LogP contribution is -2.09. The van der Waals surface area contributed by atoms with Crippen LogP contribution in [0.2, 0.25) is 0 Å². The second-order valence-electron chi connectivity index (χ2n) is 8.53. The van der Waals surface area contributed by atoms with Gasteiger partial charge in [0.1, 0.15) is 0 Å². The molecule has 178 valence electrons. The first-order valence-electron chi connectivity index (χ1n) is 11.8. The highest BCUT2D eigenvalue weighted by Gasteiger charge is 2.08. The van der Waals surface area contributed by atoms with Crippen molar-refractivity contribution >= 4 is 35.3 Å². The molecule has 0 aliphatic carbocycles. The van der Waals surface area contributed by atoms with E-state index >= 15 is 0 Å². The maximum atomic E-state index is 12.4. The largest absolute Gasteiger partial charge is 0.322 e. The first-order valence-corrected chi connectivity index (χ1v) is 11.8. The second-order valence-corrected chi connectivity index (χ2v) is 8.53. The van der Waals surface area contributed by atoms with Gasteiger partial charge >= 0.3 is 0 Å². The highest BCUT2D eigenvalue weighted by molar-refractivity contribution is 6.03. The van der Waals surface area contributed by atoms with E-state index in [-0.39, 0.29) is 11.8 Å². The van der Waals surface area contributed by atoms with E-state index in [0.717, 1.165) is 44.8 Å². The van der Waals surface area contributed by atoms with Crippen molar-refractivity contribution in [1.82, 2.24) is 0 Å². The number of carbonyl (C=O) groups is 2. The van der Waals surface area contributed by atoms with Gasteiger partial charge in [-0.05, 0) is 83.6 Å². The van der Waals surface area contributed by atoms with Crippen molar-refractivity contribution in [1.29, 1.82) is 0 Å². The molecule has 0 aliphatic rings. The Hall–Kier alpha value is -4.70. The number of hydrogen-bond acceptors (Lipinski definition) is 2. The Morgan fingerprint density at radius 1 is 0.556 bits per heavy atom. The molecule has 0 aromatic heterocycles. The quantitative estimate of drug-likeness (QED) is 0.278. The predicted octanol–water partition coefficient (Wildman–Crippen LogP) is 7.27. The molecule has 0 radical (unpaired) electrons. The van der Waals surface area contributed by atoms with Gasteiger partial charge in [-0.25, -0.2) is 0 Å². The minimum absolute atomic E-state index is 0.174. The lowest BCUT2D eigenvalue weighted by Gasteiger charge is -2.12. The highest BCUT2D eigenvalue weighted by Crippen LogP contribution is 2.28. The summed E-state index contributed by atoms with van der Waals surface area (Å²) in [5.74, 6) is -0.348. The lowest BCUT2D eigenvalue weighted by atomic mass is 10.00. The van der Waals surface area contributed by atoms with E-state index in [4.69, 9.17) is 0 Å². The van der Waals surface area contributed by atoms with Gasteiger partial charge in [-0.2, -0.15) is 0 Å². The Balaban J connectivity index is 1.40. The van der Waals surface area contributed by atoms with E-state index < -0.39 is 0 Å². The molecular weight excluding hydrogens is 444 g/mol. The van der Waals surface area contributed by atoms with Crippen molar-refractivity contribution in [2.45, 2.75) is 13.8 Å². The predicted molar refractivity (Wildman–Crippen MR) is 150 cm³/mol. The molecule has 0 saturated heterocycles. The zero-order valence-electron chi connectivity index (χ0n) is 20.4. The molecule has 0 unspecified atom stereocenters. The van der Waals surface area contributed by atoms with Crippen molar-refractivity contribution in [2.75, 3.05) is 10.6 Å². The van der Waals surface area contributed by atoms with Crippen LogP contribution in [0.5, 0.6) is 0 Å². The molecule has 2 amide bonds. The first-order chi connectivity index (χ1) is 17.5. The summed E-state index contributed by atoms with van der Waals surface area (Å²) in [4.78, 5) is 24.7. The standard InChI is InChI=1S/C32H28N2O2/c1-23-21-27(15-17-29(23)33-31(35)19-13-25-9-5-3-6-10-25)28-16-18-30(24(2)22-28)34-32(36)20-14-26-11-7-4-8-12-26/h3-22H,1-2H3,(H,33,35)(H,34,36)/b19-13-,20-14-. The summed E-state index contributed by atoms with van der Waals surface area (Å²) in [6.07, 6.45) is 6.65. The fourth-order valence-electron chi connectivity index (χ4n) is 3.79. The molecule has 0 aliphatic heterocycles. The van der Waals surface area contributed by atoms with E-state index in [0.29, 0.717) is 0 Å². The van der Waals surface area contributed by atoms with Crippen molar-refractivity contribution in [3.8, 4) is 11.1 Å². The summed E-state index contributed by atoms with van der Waals surface area (Å²) in [5, 5.41) is 5.89. The number of aryl methyl sites for hydroxylation is 2. The summed E-state index contributed by atoms with van der Waals surface area (Å²) >= 11 is 0. The third kappa shape index (κ3) is 6.67. The van der Waals surface area contributed by atoms with Crippen LogP contribution < -0.4 is 10.6 Å². The lowest BCUT2D eigenvalue weighted by molar-refractivity contribution is -0.112. The van der Waals surface area contributed by atoms with E-state index in [1.54, 1.807) is 12.2 Å². The Morgan fingerprint density at radius 3 is 1.31 bits per heavy atom. The number of hydrogen-bond donors (Lipinski definition) is 2. The molecule has 4 aromatic carbocycles. The van der Waals surface area contributed by atoms with E-state index in [1.807, 2.05) is 111 Å². The molecule has 0 atom stereocenters. The van der Waals surface area contributed by atoms with Crippen LogP contribution in [0, 0.1) is 13.8 Å². The topological polar surface area (TPSA) is 58.2 Å². The van der Waals surface area contributed by atoms with Gasteiger partial charge in [-0.15, -0.1) is 0 Å². The average molecular weight is 473 g/mol. The summed E-state index contributed by atoms with van der Waals surface area (Å²) in [7, 11) is 0. The molecule has 0 bridgehead atoms. The Labute approximate surface area is 212 Å². The summed E-state index contributed by atoms with van der Waals surface area (Å²) in [6.45, 7) is 3.95. The van der Waals surface area contributed by atoms with E-state index in [2.05, 4.69) is 10.6 Å². The Bertz CT molecular complexity index is 1310. The summed E-state index contributed by atoms with van der Waals surface area (Å²) in [6, 6.07) is 31.3. The summed E-state index contributed by atoms with van der Waals surface area (Å²) in [5.41, 5.74) is 7.50. The second kappa shape index (κ2) is 11.6. The van der Waals surface area contributed by atoms with E-state index in [9.17, 15) is 9.59 Å². The van der Waals surface area contributed by atoms with Crippen molar-refractivity contribution in [3.63, 3.8) is 0 Å². The van der Waals surface area contributed by atoms with Crippen molar-refractivity contribution < 1.29 is 9.59 Å². The fraction of sp³-hybridized carbons (Fsp3) is 0.0625. The van der Waals surface area contributed by atoms with Gasteiger partial charge in [0.25, 0.3) is 0 Å². The fourth-order valence-corrected chi connectivity index (χ4v) is 3.79. The van der Waals surface area contributed by atoms with Gasteiger partial charge in [0.15, 0.2) is 0 Å². The smallest absolute Gasteiger partial charge is 0.248 e. The van der Waals surface area contributed by atoms with Gasteiger partial charge in [-0.1, -0.05) is 72.8 Å². The molecule has 4 rings (SSSR count). The van der Waals surface area contributed by atoms with Gasteiger partial charge in [0.05, 0.1) is 0 Å². The third-order valence-corrected chi connectivity index (χ3v) is 5.76. The Morgan fingerprint density at radius 2 is 0.944 bits per heavy atom. The van der Waals surface area contributed by atoms with Crippen molar-refractivity contribution in [3.05, 3.63) is 131 Å². The highest BCUT2D eigenvalue weighted by atomic mass is 16.2. The number of benzene rings is 4. The average Bonchev–Trinajstić information content (AvgIpc) is 2.90. The minimum atomic E-state index is -0.174. The van der Waals surface area contributed by atoms with Crippen LogP contribution in [0.1, 0.15) is 22.3 Å². The van der Waals surface area contributed by atoms with Crippen LogP contribution >= 0.6 is 0 Å². The van der Waals surface area contributed by atoms with Crippen LogP contribution in [0.3, 0.4) is 0 Å². The van der Waals surface area contributed by atoms with Crippen LogP contribution in [-0.4, -0.2) is 11.8 Å². The zero-order chi connectivity index (χ0) is 25.3. The molecule has 4 nitrogen and oxygen atoms in total.